The molecule has 0 aliphatic rings. The molecule has 0 atom stereocenters. The van der Waals surface area contributed by atoms with Crippen molar-refractivity contribution in [1.29, 1.82) is 5.26 Å². The summed E-state index contributed by atoms with van der Waals surface area (Å²) in [6.45, 7) is 0.197. The molecule has 0 spiro atoms. The van der Waals surface area contributed by atoms with E-state index in [-0.39, 0.29) is 24.3 Å². The minimum atomic E-state index is -0.554. The van der Waals surface area contributed by atoms with E-state index in [0.29, 0.717) is 5.56 Å². The van der Waals surface area contributed by atoms with Crippen molar-refractivity contribution >= 4 is 17.3 Å². The van der Waals surface area contributed by atoms with Crippen LogP contribution in [0.25, 0.3) is 0 Å². The third-order valence-electron chi connectivity index (χ3n) is 2.19. The van der Waals surface area contributed by atoms with Gasteiger partial charge in [-0.15, -0.1) is 0 Å². The van der Waals surface area contributed by atoms with Crippen LogP contribution in [-0.2, 0) is 9.53 Å². The second-order valence-electron chi connectivity index (χ2n) is 3.35. The van der Waals surface area contributed by atoms with Crippen LogP contribution in [0.15, 0.2) is 18.2 Å². The number of nitrogens with one attached hydrogen (secondary N) is 1. The topological polar surface area (TPSA) is 105 Å². The van der Waals surface area contributed by atoms with Crippen LogP contribution in [0.4, 0.5) is 11.4 Å². The Morgan fingerprint density at radius 3 is 2.89 bits per heavy atom. The number of ether oxygens (including phenoxy) is 1. The van der Waals surface area contributed by atoms with Crippen molar-refractivity contribution in [3.8, 4) is 6.07 Å². The van der Waals surface area contributed by atoms with Crippen LogP contribution in [0.5, 0.6) is 0 Å². The molecular formula is C11H11N3O4. The minimum absolute atomic E-state index is 0.0877. The number of carbonyl (C=O) groups excluding carboxylic acids is 1. The van der Waals surface area contributed by atoms with Gasteiger partial charge in [0.05, 0.1) is 30.1 Å². The normalized spacial score (nSPS) is 9.33. The van der Waals surface area contributed by atoms with E-state index >= 15 is 0 Å². The largest absolute Gasteiger partial charge is 0.469 e. The molecule has 0 saturated carbocycles. The molecule has 0 aromatic heterocycles. The summed E-state index contributed by atoms with van der Waals surface area (Å²) in [6.07, 6.45) is 0.0877. The lowest BCUT2D eigenvalue weighted by atomic mass is 10.2. The summed E-state index contributed by atoms with van der Waals surface area (Å²) in [5.74, 6) is -0.415. The van der Waals surface area contributed by atoms with E-state index in [1.807, 2.05) is 6.07 Å². The Morgan fingerprint density at radius 2 is 2.33 bits per heavy atom. The number of hydrogen-bond acceptors (Lipinski definition) is 6. The molecule has 0 fully saturated rings. The molecule has 0 aliphatic carbocycles. The Balaban J connectivity index is 2.82. The SMILES string of the molecule is COC(=O)CCNc1cc(C#N)ccc1[N+](=O)[O-]. The maximum Gasteiger partial charge on any atom is 0.307 e. The van der Waals surface area contributed by atoms with Gasteiger partial charge in [0.1, 0.15) is 5.69 Å². The third-order valence-corrected chi connectivity index (χ3v) is 2.19. The van der Waals surface area contributed by atoms with Crippen LogP contribution < -0.4 is 5.32 Å². The van der Waals surface area contributed by atoms with Gasteiger partial charge in [0.15, 0.2) is 0 Å². The molecule has 7 heteroatoms. The van der Waals surface area contributed by atoms with Crippen molar-refractivity contribution in [2.24, 2.45) is 0 Å². The first-order chi connectivity index (χ1) is 8.58. The Bertz CT molecular complexity index is 508. The summed E-state index contributed by atoms with van der Waals surface area (Å²) in [6, 6.07) is 5.87. The highest BCUT2D eigenvalue weighted by Crippen LogP contribution is 2.25. The van der Waals surface area contributed by atoms with Gasteiger partial charge in [-0.1, -0.05) is 0 Å². The maximum absolute atomic E-state index is 10.9. The van der Waals surface area contributed by atoms with Crippen LogP contribution in [-0.4, -0.2) is 24.5 Å². The van der Waals surface area contributed by atoms with Crippen LogP contribution in [0.3, 0.4) is 0 Å². The highest BCUT2D eigenvalue weighted by atomic mass is 16.6. The van der Waals surface area contributed by atoms with Gasteiger partial charge in [0.2, 0.25) is 0 Å². The summed E-state index contributed by atoms with van der Waals surface area (Å²) < 4.78 is 4.45. The van der Waals surface area contributed by atoms with Gasteiger partial charge in [-0.2, -0.15) is 5.26 Å². The highest BCUT2D eigenvalue weighted by Gasteiger charge is 2.14. The van der Waals surface area contributed by atoms with E-state index in [9.17, 15) is 14.9 Å². The van der Waals surface area contributed by atoms with Gasteiger partial charge in [-0.3, -0.25) is 14.9 Å². The zero-order chi connectivity index (χ0) is 13.5. The minimum Gasteiger partial charge on any atom is -0.469 e. The number of anilines is 1. The molecule has 0 unspecified atom stereocenters. The predicted molar refractivity (Wildman–Crippen MR) is 62.9 cm³/mol. The van der Waals surface area contributed by atoms with Crippen LogP contribution in [0.1, 0.15) is 12.0 Å². The average molecular weight is 249 g/mol. The van der Waals surface area contributed by atoms with Crippen molar-refractivity contribution < 1.29 is 14.5 Å². The average Bonchev–Trinajstić information content (AvgIpc) is 2.37. The lowest BCUT2D eigenvalue weighted by molar-refractivity contribution is -0.384. The number of nitrogens with zero attached hydrogens (tertiary/aromatic N) is 2. The van der Waals surface area contributed by atoms with E-state index < -0.39 is 10.9 Å². The first kappa shape index (κ1) is 13.4. The fraction of sp³-hybridized carbons (Fsp3) is 0.273. The standard InChI is InChI=1S/C11H11N3O4/c1-18-11(15)4-5-13-9-6-8(7-12)2-3-10(9)14(16)17/h2-3,6,13H,4-5H2,1H3. The Labute approximate surface area is 103 Å². The Hall–Kier alpha value is -2.62. The number of hydrogen-bond donors (Lipinski definition) is 1. The molecule has 7 nitrogen and oxygen atoms in total. The van der Waals surface area contributed by atoms with Crippen LogP contribution in [0, 0.1) is 21.4 Å². The summed E-state index contributed by atoms with van der Waals surface area (Å²) >= 11 is 0. The molecule has 0 aliphatic heterocycles. The summed E-state index contributed by atoms with van der Waals surface area (Å²) in [5.41, 5.74) is 0.378. The van der Waals surface area contributed by atoms with Crippen molar-refractivity contribution in [1.82, 2.24) is 0 Å². The summed E-state index contributed by atoms with van der Waals surface area (Å²) in [4.78, 5) is 21.1. The van der Waals surface area contributed by atoms with Crippen molar-refractivity contribution in [3.05, 3.63) is 33.9 Å². The monoisotopic (exact) mass is 249 g/mol. The molecule has 1 aromatic carbocycles. The molecule has 94 valence electrons. The Morgan fingerprint density at radius 1 is 1.61 bits per heavy atom. The molecule has 0 heterocycles. The number of esters is 1. The predicted octanol–water partition coefficient (Wildman–Crippen LogP) is 1.44. The zero-order valence-electron chi connectivity index (χ0n) is 9.67. The van der Waals surface area contributed by atoms with Gasteiger partial charge < -0.3 is 10.1 Å². The van der Waals surface area contributed by atoms with E-state index in [0.717, 1.165) is 0 Å². The van der Waals surface area contributed by atoms with Gasteiger partial charge in [0.25, 0.3) is 5.69 Å². The highest BCUT2D eigenvalue weighted by molar-refractivity contribution is 5.70. The van der Waals surface area contributed by atoms with Gasteiger partial charge >= 0.3 is 5.97 Å². The number of benzene rings is 1. The molecule has 0 amide bonds. The van der Waals surface area contributed by atoms with E-state index in [1.54, 1.807) is 0 Å². The fourth-order valence-electron chi connectivity index (χ4n) is 1.31. The molecule has 1 rings (SSSR count). The lowest BCUT2D eigenvalue weighted by Gasteiger charge is -2.06. The first-order valence-electron chi connectivity index (χ1n) is 5.07. The molecule has 0 saturated heterocycles. The maximum atomic E-state index is 10.9. The van der Waals surface area contributed by atoms with E-state index in [2.05, 4.69) is 10.1 Å². The van der Waals surface area contributed by atoms with E-state index in [1.165, 1.54) is 25.3 Å². The summed E-state index contributed by atoms with van der Waals surface area (Å²) in [5, 5.41) is 22.2. The van der Waals surface area contributed by atoms with Crippen molar-refractivity contribution in [3.63, 3.8) is 0 Å². The van der Waals surface area contributed by atoms with Crippen LogP contribution in [0.2, 0.25) is 0 Å². The number of nitriles is 1. The number of rotatable bonds is 5. The number of carbonyl (C=O) groups is 1. The first-order valence-corrected chi connectivity index (χ1v) is 5.07. The molecule has 0 radical (unpaired) electrons. The molecule has 1 N–H and O–H groups in total. The lowest BCUT2D eigenvalue weighted by Crippen LogP contribution is -2.10. The quantitative estimate of drug-likeness (QED) is 0.481. The van der Waals surface area contributed by atoms with Gasteiger partial charge in [0, 0.05) is 12.6 Å². The second-order valence-corrected chi connectivity index (χ2v) is 3.35. The summed E-state index contributed by atoms with van der Waals surface area (Å²) in [7, 11) is 1.26. The van der Waals surface area contributed by atoms with Gasteiger partial charge in [-0.05, 0) is 12.1 Å². The third kappa shape index (κ3) is 3.45. The second kappa shape index (κ2) is 6.20. The smallest absolute Gasteiger partial charge is 0.307 e. The van der Waals surface area contributed by atoms with Gasteiger partial charge in [-0.25, -0.2) is 0 Å². The van der Waals surface area contributed by atoms with E-state index in [4.69, 9.17) is 5.26 Å². The number of nitro benzene ring substituents is 1. The Kier molecular flexibility index (Phi) is 4.63. The van der Waals surface area contributed by atoms with Crippen molar-refractivity contribution in [2.75, 3.05) is 19.0 Å². The molecule has 1 aromatic rings. The number of methoxy groups -OCH3 is 1. The zero-order valence-corrected chi connectivity index (χ0v) is 9.67. The number of nitro groups is 1. The molecular weight excluding hydrogens is 238 g/mol. The molecule has 18 heavy (non-hydrogen) atoms. The molecule has 0 bridgehead atoms. The van der Waals surface area contributed by atoms with Crippen LogP contribution >= 0.6 is 0 Å². The fourth-order valence-corrected chi connectivity index (χ4v) is 1.31. The van der Waals surface area contributed by atoms with Crippen molar-refractivity contribution in [2.45, 2.75) is 6.42 Å².